The van der Waals surface area contributed by atoms with E-state index in [1.54, 1.807) is 6.07 Å². The average molecular weight is 209 g/mol. The molecule has 0 saturated carbocycles. The molecule has 0 spiro atoms. The summed E-state index contributed by atoms with van der Waals surface area (Å²) in [4.78, 5) is 11.0. The number of fused-ring (bicyclic) bond motifs is 1. The van der Waals surface area contributed by atoms with E-state index < -0.39 is 17.7 Å². The second-order valence-electron chi connectivity index (χ2n) is 3.76. The van der Waals surface area contributed by atoms with Gasteiger partial charge >= 0.3 is 5.97 Å². The zero-order valence-electron chi connectivity index (χ0n) is 8.38. The molecule has 1 heterocycles. The van der Waals surface area contributed by atoms with E-state index >= 15 is 0 Å². The number of carboxylic acids is 1. The molecule has 3 nitrogen and oxygen atoms in total. The molecule has 2 N–H and O–H groups in total. The van der Waals surface area contributed by atoms with Crippen molar-refractivity contribution in [2.75, 3.05) is 11.9 Å². The normalized spacial score (nSPS) is 19.2. The van der Waals surface area contributed by atoms with Gasteiger partial charge in [0.05, 0.1) is 5.92 Å². The van der Waals surface area contributed by atoms with Crippen LogP contribution in [0.3, 0.4) is 0 Å². The summed E-state index contributed by atoms with van der Waals surface area (Å²) in [5.41, 5.74) is 1.83. The minimum atomic E-state index is -0.956. The van der Waals surface area contributed by atoms with E-state index in [1.165, 1.54) is 6.07 Å². The molecule has 1 atom stereocenters. The highest BCUT2D eigenvalue weighted by molar-refractivity contribution is 5.81. The number of rotatable bonds is 1. The summed E-state index contributed by atoms with van der Waals surface area (Å²) in [6, 6.07) is 2.99. The predicted octanol–water partition coefficient (Wildman–Crippen LogP) is 2.12. The van der Waals surface area contributed by atoms with Gasteiger partial charge in [-0.3, -0.25) is 4.79 Å². The smallest absolute Gasteiger partial charge is 0.311 e. The maximum atomic E-state index is 13.6. The second kappa shape index (κ2) is 3.53. The molecule has 0 radical (unpaired) electrons. The van der Waals surface area contributed by atoms with Crippen LogP contribution in [0.15, 0.2) is 12.1 Å². The van der Waals surface area contributed by atoms with Crippen molar-refractivity contribution in [3.8, 4) is 0 Å². The van der Waals surface area contributed by atoms with E-state index in [2.05, 4.69) is 5.32 Å². The van der Waals surface area contributed by atoms with Gasteiger partial charge in [0.1, 0.15) is 5.82 Å². The lowest BCUT2D eigenvalue weighted by Crippen LogP contribution is -2.24. The highest BCUT2D eigenvalue weighted by Gasteiger charge is 2.29. The monoisotopic (exact) mass is 209 g/mol. The lowest BCUT2D eigenvalue weighted by molar-refractivity contribution is -0.139. The quantitative estimate of drug-likeness (QED) is 0.744. The van der Waals surface area contributed by atoms with Crippen molar-refractivity contribution < 1.29 is 14.3 Å². The number of hydrogen-bond donors (Lipinski definition) is 2. The maximum absolute atomic E-state index is 13.6. The number of anilines is 1. The topological polar surface area (TPSA) is 49.3 Å². The number of aliphatic carboxylic acids is 1. The fourth-order valence-electron chi connectivity index (χ4n) is 2.01. The van der Waals surface area contributed by atoms with Crippen LogP contribution >= 0.6 is 0 Å². The van der Waals surface area contributed by atoms with E-state index in [9.17, 15) is 9.18 Å². The number of benzene rings is 1. The standard InChI is InChI=1S/C11H12FNO2/c1-6-2-3-8(12)9-7(11(14)15)4-5-13-10(6)9/h2-3,7,13H,4-5H2,1H3,(H,14,15). The van der Waals surface area contributed by atoms with Gasteiger partial charge in [0, 0.05) is 17.8 Å². The molecule has 1 unspecified atom stereocenters. The van der Waals surface area contributed by atoms with Gasteiger partial charge in [-0.05, 0) is 25.0 Å². The van der Waals surface area contributed by atoms with Crippen LogP contribution in [0.4, 0.5) is 10.1 Å². The number of halogens is 1. The third-order valence-corrected chi connectivity index (χ3v) is 2.78. The largest absolute Gasteiger partial charge is 0.481 e. The fourth-order valence-corrected chi connectivity index (χ4v) is 2.01. The Labute approximate surface area is 86.9 Å². The highest BCUT2D eigenvalue weighted by Crippen LogP contribution is 2.35. The molecule has 1 aliphatic heterocycles. The molecular formula is C11H12FNO2. The van der Waals surface area contributed by atoms with Crippen molar-refractivity contribution in [3.63, 3.8) is 0 Å². The summed E-state index contributed by atoms with van der Waals surface area (Å²) in [7, 11) is 0. The van der Waals surface area contributed by atoms with E-state index in [0.29, 0.717) is 24.2 Å². The Balaban J connectivity index is 2.59. The maximum Gasteiger partial charge on any atom is 0.311 e. The lowest BCUT2D eigenvalue weighted by Gasteiger charge is -2.25. The van der Waals surface area contributed by atoms with Gasteiger partial charge in [0.25, 0.3) is 0 Å². The van der Waals surface area contributed by atoms with Crippen molar-refractivity contribution in [2.45, 2.75) is 19.3 Å². The molecule has 4 heteroatoms. The molecule has 2 rings (SSSR count). The third-order valence-electron chi connectivity index (χ3n) is 2.78. The van der Waals surface area contributed by atoms with Crippen LogP contribution in [-0.4, -0.2) is 17.6 Å². The molecule has 0 aliphatic carbocycles. The van der Waals surface area contributed by atoms with Gasteiger partial charge < -0.3 is 10.4 Å². The highest BCUT2D eigenvalue weighted by atomic mass is 19.1. The van der Waals surface area contributed by atoms with Crippen molar-refractivity contribution in [2.24, 2.45) is 0 Å². The Hall–Kier alpha value is -1.58. The van der Waals surface area contributed by atoms with Crippen LogP contribution in [0.5, 0.6) is 0 Å². The van der Waals surface area contributed by atoms with Gasteiger partial charge in [0.15, 0.2) is 0 Å². The van der Waals surface area contributed by atoms with E-state index in [1.807, 2.05) is 6.92 Å². The Morgan fingerprint density at radius 1 is 1.60 bits per heavy atom. The Bertz CT molecular complexity index is 417. The molecule has 1 aromatic carbocycles. The van der Waals surface area contributed by atoms with Crippen molar-refractivity contribution in [3.05, 3.63) is 29.1 Å². The van der Waals surface area contributed by atoms with Gasteiger partial charge in [-0.2, -0.15) is 0 Å². The van der Waals surface area contributed by atoms with Crippen LogP contribution < -0.4 is 5.32 Å². The SMILES string of the molecule is Cc1ccc(F)c2c1NCCC2C(=O)O. The summed E-state index contributed by atoms with van der Waals surface area (Å²) in [6.45, 7) is 2.42. The molecule has 1 aromatic rings. The molecule has 0 aromatic heterocycles. The number of carbonyl (C=O) groups is 1. The van der Waals surface area contributed by atoms with Gasteiger partial charge in [0.2, 0.25) is 0 Å². The minimum Gasteiger partial charge on any atom is -0.481 e. The third kappa shape index (κ3) is 1.56. The van der Waals surface area contributed by atoms with E-state index in [0.717, 1.165) is 5.56 Å². The van der Waals surface area contributed by atoms with Crippen LogP contribution in [-0.2, 0) is 4.79 Å². The van der Waals surface area contributed by atoms with Crippen LogP contribution in [0.2, 0.25) is 0 Å². The van der Waals surface area contributed by atoms with Gasteiger partial charge in [-0.1, -0.05) is 6.07 Å². The first kappa shape index (κ1) is 9.96. The lowest BCUT2D eigenvalue weighted by atomic mass is 9.89. The first-order valence-electron chi connectivity index (χ1n) is 4.87. The van der Waals surface area contributed by atoms with Gasteiger partial charge in [-0.15, -0.1) is 0 Å². The summed E-state index contributed by atoms with van der Waals surface area (Å²) in [6.07, 6.45) is 0.433. The summed E-state index contributed by atoms with van der Waals surface area (Å²) < 4.78 is 13.6. The molecule has 0 bridgehead atoms. The number of aryl methyl sites for hydroxylation is 1. The summed E-state index contributed by atoms with van der Waals surface area (Å²) >= 11 is 0. The minimum absolute atomic E-state index is 0.300. The Kier molecular flexibility index (Phi) is 2.34. The van der Waals surface area contributed by atoms with Crippen LogP contribution in [0.1, 0.15) is 23.5 Å². The molecule has 80 valence electrons. The summed E-state index contributed by atoms with van der Waals surface area (Å²) in [5, 5.41) is 12.1. The molecule has 0 amide bonds. The Morgan fingerprint density at radius 3 is 3.00 bits per heavy atom. The molecule has 1 aliphatic rings. The van der Waals surface area contributed by atoms with E-state index in [4.69, 9.17) is 5.11 Å². The van der Waals surface area contributed by atoms with Crippen molar-refractivity contribution in [1.82, 2.24) is 0 Å². The zero-order chi connectivity index (χ0) is 11.0. The van der Waals surface area contributed by atoms with Crippen LogP contribution in [0.25, 0.3) is 0 Å². The Morgan fingerprint density at radius 2 is 2.33 bits per heavy atom. The predicted molar refractivity (Wildman–Crippen MR) is 54.6 cm³/mol. The first-order valence-corrected chi connectivity index (χ1v) is 4.87. The molecule has 0 fully saturated rings. The van der Waals surface area contributed by atoms with Crippen molar-refractivity contribution in [1.29, 1.82) is 0 Å². The molecule has 0 saturated heterocycles. The fraction of sp³-hybridized carbons (Fsp3) is 0.364. The molecular weight excluding hydrogens is 197 g/mol. The average Bonchev–Trinajstić information content (AvgIpc) is 2.23. The van der Waals surface area contributed by atoms with Crippen LogP contribution in [0, 0.1) is 12.7 Å². The summed E-state index contributed by atoms with van der Waals surface area (Å²) in [5.74, 6) is -2.11. The van der Waals surface area contributed by atoms with E-state index in [-0.39, 0.29) is 0 Å². The zero-order valence-corrected chi connectivity index (χ0v) is 8.38. The number of carboxylic acid groups (broad SMARTS) is 1. The first-order chi connectivity index (χ1) is 7.11. The number of hydrogen-bond acceptors (Lipinski definition) is 2. The van der Waals surface area contributed by atoms with Crippen molar-refractivity contribution >= 4 is 11.7 Å². The van der Waals surface area contributed by atoms with Gasteiger partial charge in [-0.25, -0.2) is 4.39 Å². The second-order valence-corrected chi connectivity index (χ2v) is 3.76. The molecule has 15 heavy (non-hydrogen) atoms. The number of nitrogens with one attached hydrogen (secondary N) is 1.